The number of fused-ring (bicyclic) bond motifs is 1. The molecule has 0 aliphatic rings. The van der Waals surface area contributed by atoms with Crippen LogP contribution >= 0.6 is 0 Å². The van der Waals surface area contributed by atoms with Gasteiger partial charge in [0.2, 0.25) is 0 Å². The first-order chi connectivity index (χ1) is 8.65. The highest BCUT2D eigenvalue weighted by Gasteiger charge is 2.18. The smallest absolute Gasteiger partial charge is 0.298 e. The number of para-hydroxylation sites is 1. The third-order valence-electron chi connectivity index (χ3n) is 2.36. The summed E-state index contributed by atoms with van der Waals surface area (Å²) in [5.41, 5.74) is 0.231. The van der Waals surface area contributed by atoms with Gasteiger partial charge in [-0.25, -0.2) is 0 Å². The Kier molecular flexibility index (Phi) is 3.40. The van der Waals surface area contributed by atoms with E-state index >= 15 is 0 Å². The normalized spacial score (nSPS) is 11.1. The monoisotopic (exact) mass is 253 g/mol. The van der Waals surface area contributed by atoms with E-state index in [0.29, 0.717) is 0 Å². The van der Waals surface area contributed by atoms with Crippen LogP contribution in [0.4, 0.5) is 11.7 Å². The molecule has 1 heterocycles. The van der Waals surface area contributed by atoms with Gasteiger partial charge < -0.3 is 19.9 Å². The third kappa shape index (κ3) is 2.24. The summed E-state index contributed by atoms with van der Waals surface area (Å²) in [6.07, 6.45) is 0. The molecule has 0 aliphatic carbocycles. The van der Waals surface area contributed by atoms with Gasteiger partial charge in [0, 0.05) is 6.07 Å². The molecule has 1 aromatic heterocycles. The van der Waals surface area contributed by atoms with E-state index in [1.807, 2.05) is 0 Å². The molecule has 3 N–H and O–H groups in total. The fraction of sp³-hybridized carbons (Fsp3) is 0.300. The van der Waals surface area contributed by atoms with Gasteiger partial charge in [-0.15, -0.1) is 0 Å². The molecular formula is C10H11N3O5. The fourth-order valence-corrected chi connectivity index (χ4v) is 1.47. The van der Waals surface area contributed by atoms with Crippen molar-refractivity contribution in [2.75, 3.05) is 18.5 Å². The summed E-state index contributed by atoms with van der Waals surface area (Å²) in [7, 11) is 0. The summed E-state index contributed by atoms with van der Waals surface area (Å²) in [5, 5.41) is 31.2. The Balaban J connectivity index is 2.38. The van der Waals surface area contributed by atoms with Gasteiger partial charge in [0.15, 0.2) is 11.1 Å². The largest absolute Gasteiger partial charge is 0.423 e. The van der Waals surface area contributed by atoms with Gasteiger partial charge in [0.1, 0.15) is 0 Å². The number of aromatic nitrogens is 1. The number of non-ortho nitro benzene ring substituents is 1. The van der Waals surface area contributed by atoms with Gasteiger partial charge in [0.05, 0.1) is 24.2 Å². The summed E-state index contributed by atoms with van der Waals surface area (Å²) in [6, 6.07) is 3.76. The third-order valence-corrected chi connectivity index (χ3v) is 2.36. The lowest BCUT2D eigenvalue weighted by Crippen LogP contribution is -2.27. The summed E-state index contributed by atoms with van der Waals surface area (Å²) in [5.74, 6) is 0. The minimum Gasteiger partial charge on any atom is -0.423 e. The van der Waals surface area contributed by atoms with Gasteiger partial charge >= 0.3 is 0 Å². The lowest BCUT2D eigenvalue weighted by atomic mass is 10.3. The van der Waals surface area contributed by atoms with Crippen LogP contribution in [-0.4, -0.2) is 39.4 Å². The number of anilines is 1. The fourth-order valence-electron chi connectivity index (χ4n) is 1.47. The van der Waals surface area contributed by atoms with E-state index in [-0.39, 0.29) is 36.0 Å². The van der Waals surface area contributed by atoms with Gasteiger partial charge in [-0.1, -0.05) is 6.07 Å². The number of benzene rings is 1. The lowest BCUT2D eigenvalue weighted by Gasteiger charge is -2.10. The molecule has 0 radical (unpaired) electrons. The van der Waals surface area contributed by atoms with Crippen LogP contribution in [0, 0.1) is 10.1 Å². The molecule has 8 heteroatoms. The minimum absolute atomic E-state index is 0.0207. The quantitative estimate of drug-likeness (QED) is 0.523. The van der Waals surface area contributed by atoms with Crippen molar-refractivity contribution in [2.45, 2.75) is 6.04 Å². The lowest BCUT2D eigenvalue weighted by molar-refractivity contribution is -0.383. The summed E-state index contributed by atoms with van der Waals surface area (Å²) in [4.78, 5) is 14.2. The van der Waals surface area contributed by atoms with E-state index in [1.54, 1.807) is 6.07 Å². The molecule has 0 aliphatic heterocycles. The molecule has 0 spiro atoms. The van der Waals surface area contributed by atoms with Crippen LogP contribution < -0.4 is 5.32 Å². The molecule has 8 nitrogen and oxygen atoms in total. The van der Waals surface area contributed by atoms with E-state index in [4.69, 9.17) is 14.6 Å². The zero-order valence-electron chi connectivity index (χ0n) is 9.24. The van der Waals surface area contributed by atoms with Crippen LogP contribution in [0.3, 0.4) is 0 Å². The Hall–Kier alpha value is -2.19. The van der Waals surface area contributed by atoms with E-state index in [9.17, 15) is 10.1 Å². The number of hydrogen-bond donors (Lipinski definition) is 3. The molecule has 0 saturated carbocycles. The predicted octanol–water partition coefficient (Wildman–Crippen LogP) is 0.501. The molecule has 0 amide bonds. The van der Waals surface area contributed by atoms with Crippen molar-refractivity contribution in [1.82, 2.24) is 4.98 Å². The molecule has 0 atom stereocenters. The molecule has 0 bridgehead atoms. The zero-order valence-corrected chi connectivity index (χ0v) is 9.24. The highest BCUT2D eigenvalue weighted by molar-refractivity contribution is 5.84. The number of hydrogen-bond acceptors (Lipinski definition) is 7. The minimum atomic E-state index is -0.628. The SMILES string of the molecule is O=[N+]([O-])c1cccc2oc(NC(CO)CO)nc12. The molecular weight excluding hydrogens is 242 g/mol. The molecule has 18 heavy (non-hydrogen) atoms. The van der Waals surface area contributed by atoms with Crippen LogP contribution in [0.5, 0.6) is 0 Å². The van der Waals surface area contributed by atoms with Crippen LogP contribution in [0.2, 0.25) is 0 Å². The van der Waals surface area contributed by atoms with E-state index < -0.39 is 11.0 Å². The maximum atomic E-state index is 10.8. The summed E-state index contributed by atoms with van der Waals surface area (Å²) in [6.45, 7) is -0.616. The molecule has 0 unspecified atom stereocenters. The van der Waals surface area contributed by atoms with Crippen LogP contribution in [-0.2, 0) is 0 Å². The Morgan fingerprint density at radius 3 is 2.78 bits per heavy atom. The van der Waals surface area contributed by atoms with Crippen molar-refractivity contribution in [3.63, 3.8) is 0 Å². The van der Waals surface area contributed by atoms with Crippen molar-refractivity contribution < 1.29 is 19.6 Å². The Labute approximate surface area is 101 Å². The number of aliphatic hydroxyl groups is 2. The number of nitro benzene ring substituents is 1. The Morgan fingerprint density at radius 1 is 1.44 bits per heavy atom. The van der Waals surface area contributed by atoms with E-state index in [1.165, 1.54) is 12.1 Å². The van der Waals surface area contributed by atoms with Gasteiger partial charge in [-0.3, -0.25) is 10.1 Å². The second-order valence-electron chi connectivity index (χ2n) is 3.61. The van der Waals surface area contributed by atoms with Crippen molar-refractivity contribution >= 4 is 22.8 Å². The van der Waals surface area contributed by atoms with E-state index in [0.717, 1.165) is 0 Å². The average molecular weight is 253 g/mol. The van der Waals surface area contributed by atoms with Gasteiger partial charge in [-0.2, -0.15) is 4.98 Å². The second-order valence-corrected chi connectivity index (χ2v) is 3.61. The molecule has 2 aromatic rings. The van der Waals surface area contributed by atoms with E-state index in [2.05, 4.69) is 10.3 Å². The molecule has 0 saturated heterocycles. The van der Waals surface area contributed by atoms with Gasteiger partial charge in [-0.05, 0) is 6.07 Å². The number of nitrogens with one attached hydrogen (secondary N) is 1. The first-order valence-corrected chi connectivity index (χ1v) is 5.18. The average Bonchev–Trinajstić information content (AvgIpc) is 2.77. The van der Waals surface area contributed by atoms with Gasteiger partial charge in [0.25, 0.3) is 11.7 Å². The Bertz CT molecular complexity index is 564. The molecule has 0 fully saturated rings. The van der Waals surface area contributed by atoms with Crippen molar-refractivity contribution in [3.8, 4) is 0 Å². The van der Waals surface area contributed by atoms with Crippen molar-refractivity contribution in [2.24, 2.45) is 0 Å². The number of rotatable bonds is 5. The molecule has 1 aromatic carbocycles. The van der Waals surface area contributed by atoms with Crippen molar-refractivity contribution in [1.29, 1.82) is 0 Å². The first kappa shape index (κ1) is 12.3. The van der Waals surface area contributed by atoms with Crippen LogP contribution in [0.25, 0.3) is 11.1 Å². The number of nitro groups is 1. The maximum absolute atomic E-state index is 10.8. The maximum Gasteiger partial charge on any atom is 0.298 e. The molecule has 2 rings (SSSR count). The predicted molar refractivity (Wildman–Crippen MR) is 62.2 cm³/mol. The zero-order chi connectivity index (χ0) is 13.1. The number of nitrogens with zero attached hydrogens (tertiary/aromatic N) is 2. The Morgan fingerprint density at radius 2 is 2.17 bits per heavy atom. The molecule has 96 valence electrons. The van der Waals surface area contributed by atoms with Crippen LogP contribution in [0.1, 0.15) is 0 Å². The standard InChI is InChI=1S/C10H11N3O5/c14-4-6(5-15)11-10-12-9-7(13(16)17)2-1-3-8(9)18-10/h1-3,6,14-15H,4-5H2,(H,11,12). The van der Waals surface area contributed by atoms with Crippen LogP contribution in [0.15, 0.2) is 22.6 Å². The van der Waals surface area contributed by atoms with Crippen molar-refractivity contribution in [3.05, 3.63) is 28.3 Å². The number of aliphatic hydroxyl groups excluding tert-OH is 2. The summed E-state index contributed by atoms with van der Waals surface area (Å²) < 4.78 is 5.24. The summed E-state index contributed by atoms with van der Waals surface area (Å²) >= 11 is 0. The topological polar surface area (TPSA) is 122 Å². The second kappa shape index (κ2) is 4.98. The number of oxazole rings is 1. The highest BCUT2D eigenvalue weighted by atomic mass is 16.6. The first-order valence-electron chi connectivity index (χ1n) is 5.18. The highest BCUT2D eigenvalue weighted by Crippen LogP contribution is 2.27.